The van der Waals surface area contributed by atoms with Crippen molar-refractivity contribution in [3.63, 3.8) is 0 Å². The van der Waals surface area contributed by atoms with E-state index in [9.17, 15) is 23.2 Å². The average Bonchev–Trinajstić information content (AvgIpc) is 3.19. The summed E-state index contributed by atoms with van der Waals surface area (Å²) in [5.41, 5.74) is 3.23. The zero-order chi connectivity index (χ0) is 25.2. The number of hydrogen-bond acceptors (Lipinski definition) is 5. The smallest absolute Gasteiger partial charge is 0.255 e. The number of hydrogen-bond donors (Lipinski definition) is 1. The number of piperazine rings is 1. The van der Waals surface area contributed by atoms with Crippen LogP contribution in [0.15, 0.2) is 36.4 Å². The lowest BCUT2D eigenvalue weighted by Gasteiger charge is -2.36. The Morgan fingerprint density at radius 1 is 0.972 bits per heavy atom. The van der Waals surface area contributed by atoms with Crippen molar-refractivity contribution in [3.05, 3.63) is 64.7 Å². The third-order valence-electron chi connectivity index (χ3n) is 7.47. The number of nitrogens with zero attached hydrogens (tertiary/aromatic N) is 3. The highest BCUT2D eigenvalue weighted by Crippen LogP contribution is 2.30. The van der Waals surface area contributed by atoms with E-state index in [0.29, 0.717) is 37.3 Å². The van der Waals surface area contributed by atoms with E-state index < -0.39 is 23.6 Å². The number of fused-ring (bicyclic) bond motifs is 1. The van der Waals surface area contributed by atoms with Crippen LogP contribution in [0.4, 0.5) is 14.5 Å². The van der Waals surface area contributed by atoms with E-state index in [0.717, 1.165) is 56.1 Å². The maximum atomic E-state index is 14.1. The average molecular weight is 497 g/mol. The van der Waals surface area contributed by atoms with Crippen LogP contribution >= 0.6 is 0 Å². The standard InChI is InChI=1S/C27H30F2N4O3/c28-19-7-8-23(22(29)16-19)32-14-12-31(13-15-32)11-2-1-4-18-5-3-6-20-21(18)17-33(27(20)36)24-9-10-25(34)30-26(24)35/h3,5-8,16,24H,1-2,4,9-15,17H2,(H,30,34,35). The van der Waals surface area contributed by atoms with Crippen LogP contribution < -0.4 is 10.2 Å². The summed E-state index contributed by atoms with van der Waals surface area (Å²) >= 11 is 0. The van der Waals surface area contributed by atoms with Gasteiger partial charge in [0.25, 0.3) is 5.91 Å². The summed E-state index contributed by atoms with van der Waals surface area (Å²) in [4.78, 5) is 42.7. The number of carbonyl (C=O) groups is 3. The Bertz CT molecular complexity index is 1180. The second-order valence-corrected chi connectivity index (χ2v) is 9.72. The number of amides is 3. The van der Waals surface area contributed by atoms with E-state index in [-0.39, 0.29) is 18.2 Å². The zero-order valence-corrected chi connectivity index (χ0v) is 20.1. The molecule has 2 fully saturated rings. The fourth-order valence-electron chi connectivity index (χ4n) is 5.49. The van der Waals surface area contributed by atoms with Gasteiger partial charge in [0.05, 0.1) is 5.69 Å². The Labute approximate surface area is 209 Å². The molecule has 3 amide bonds. The predicted molar refractivity (Wildman–Crippen MR) is 130 cm³/mol. The number of carbonyl (C=O) groups excluding carboxylic acids is 3. The number of halogens is 2. The van der Waals surface area contributed by atoms with Gasteiger partial charge >= 0.3 is 0 Å². The quantitative estimate of drug-likeness (QED) is 0.472. The molecule has 3 heterocycles. The summed E-state index contributed by atoms with van der Waals surface area (Å²) in [5.74, 6) is -1.90. The van der Waals surface area contributed by atoms with Crippen molar-refractivity contribution in [1.82, 2.24) is 15.1 Å². The minimum atomic E-state index is -0.600. The molecule has 2 saturated heterocycles. The lowest BCUT2D eigenvalue weighted by molar-refractivity contribution is -0.136. The number of anilines is 1. The molecule has 9 heteroatoms. The monoisotopic (exact) mass is 496 g/mol. The highest BCUT2D eigenvalue weighted by atomic mass is 19.1. The molecule has 0 aromatic heterocycles. The van der Waals surface area contributed by atoms with Crippen molar-refractivity contribution in [2.75, 3.05) is 37.6 Å². The summed E-state index contributed by atoms with van der Waals surface area (Å²) < 4.78 is 27.3. The molecule has 7 nitrogen and oxygen atoms in total. The van der Waals surface area contributed by atoms with Gasteiger partial charge in [0.2, 0.25) is 11.8 Å². The fraction of sp³-hybridized carbons (Fsp3) is 0.444. The highest BCUT2D eigenvalue weighted by molar-refractivity contribution is 6.05. The summed E-state index contributed by atoms with van der Waals surface area (Å²) in [6.45, 7) is 4.40. The Morgan fingerprint density at radius 3 is 2.53 bits per heavy atom. The summed E-state index contributed by atoms with van der Waals surface area (Å²) in [5, 5.41) is 2.35. The predicted octanol–water partition coefficient (Wildman–Crippen LogP) is 2.87. The SMILES string of the molecule is O=C1CCC(N2Cc3c(CCCCN4CCN(c5ccc(F)cc5F)CC4)cccc3C2=O)C(=O)N1. The van der Waals surface area contributed by atoms with Crippen molar-refractivity contribution >= 4 is 23.4 Å². The molecule has 2 aromatic carbocycles. The van der Waals surface area contributed by atoms with Crippen LogP contribution in [0.5, 0.6) is 0 Å². The zero-order valence-electron chi connectivity index (χ0n) is 20.1. The normalized spacial score (nSPS) is 20.6. The molecule has 1 atom stereocenters. The second-order valence-electron chi connectivity index (χ2n) is 9.72. The van der Waals surface area contributed by atoms with Gasteiger partial charge < -0.3 is 9.80 Å². The Hall–Kier alpha value is -3.33. The van der Waals surface area contributed by atoms with Crippen LogP contribution in [0.25, 0.3) is 0 Å². The Balaban J connectivity index is 1.11. The fourth-order valence-corrected chi connectivity index (χ4v) is 5.49. The van der Waals surface area contributed by atoms with E-state index >= 15 is 0 Å². The summed E-state index contributed by atoms with van der Waals surface area (Å²) in [6, 6.07) is 8.89. The first-order valence-corrected chi connectivity index (χ1v) is 12.6. The number of unbranched alkanes of at least 4 members (excludes halogenated alkanes) is 1. The number of aryl methyl sites for hydroxylation is 1. The first-order chi connectivity index (χ1) is 17.4. The molecule has 0 spiro atoms. The maximum absolute atomic E-state index is 14.1. The molecule has 0 bridgehead atoms. The van der Waals surface area contributed by atoms with E-state index in [1.54, 1.807) is 4.90 Å². The van der Waals surface area contributed by atoms with Crippen LogP contribution in [0.1, 0.15) is 47.2 Å². The van der Waals surface area contributed by atoms with Gasteiger partial charge in [-0.05, 0) is 61.6 Å². The van der Waals surface area contributed by atoms with Gasteiger partial charge in [0.15, 0.2) is 0 Å². The number of piperidine rings is 1. The van der Waals surface area contributed by atoms with E-state index in [1.165, 1.54) is 12.1 Å². The van der Waals surface area contributed by atoms with Crippen molar-refractivity contribution in [1.29, 1.82) is 0 Å². The molecular formula is C27H30F2N4O3. The van der Waals surface area contributed by atoms with Crippen LogP contribution in [-0.4, -0.2) is 66.3 Å². The van der Waals surface area contributed by atoms with Gasteiger partial charge in [0, 0.05) is 50.8 Å². The molecule has 3 aliphatic rings. The number of benzene rings is 2. The number of imide groups is 1. The molecule has 5 rings (SSSR count). The molecule has 0 radical (unpaired) electrons. The summed E-state index contributed by atoms with van der Waals surface area (Å²) in [7, 11) is 0. The minimum absolute atomic E-state index is 0.142. The largest absolute Gasteiger partial charge is 0.367 e. The maximum Gasteiger partial charge on any atom is 0.255 e. The van der Waals surface area contributed by atoms with E-state index in [1.807, 2.05) is 17.0 Å². The molecule has 0 aliphatic carbocycles. The molecule has 36 heavy (non-hydrogen) atoms. The van der Waals surface area contributed by atoms with Crippen LogP contribution in [-0.2, 0) is 22.6 Å². The molecule has 2 aromatic rings. The van der Waals surface area contributed by atoms with Crippen molar-refractivity contribution in [3.8, 4) is 0 Å². The molecular weight excluding hydrogens is 466 g/mol. The summed E-state index contributed by atoms with van der Waals surface area (Å²) in [6.07, 6.45) is 3.42. The second kappa shape index (κ2) is 10.3. The first-order valence-electron chi connectivity index (χ1n) is 12.6. The van der Waals surface area contributed by atoms with Gasteiger partial charge in [0.1, 0.15) is 17.7 Å². The van der Waals surface area contributed by atoms with Crippen molar-refractivity contribution in [2.45, 2.75) is 44.7 Å². The molecule has 3 aliphatic heterocycles. The highest BCUT2D eigenvalue weighted by Gasteiger charge is 2.39. The Kier molecular flexibility index (Phi) is 7.00. The van der Waals surface area contributed by atoms with E-state index in [2.05, 4.69) is 16.3 Å². The lowest BCUT2D eigenvalue weighted by Crippen LogP contribution is -2.52. The number of rotatable bonds is 7. The van der Waals surface area contributed by atoms with Gasteiger partial charge in [-0.3, -0.25) is 24.6 Å². The molecule has 1 N–H and O–H groups in total. The minimum Gasteiger partial charge on any atom is -0.367 e. The van der Waals surface area contributed by atoms with Gasteiger partial charge in [-0.15, -0.1) is 0 Å². The molecule has 190 valence electrons. The first kappa shape index (κ1) is 24.4. The van der Waals surface area contributed by atoms with Gasteiger partial charge in [-0.25, -0.2) is 8.78 Å². The van der Waals surface area contributed by atoms with Crippen LogP contribution in [0, 0.1) is 11.6 Å². The van der Waals surface area contributed by atoms with Gasteiger partial charge in [-0.1, -0.05) is 12.1 Å². The third kappa shape index (κ3) is 4.97. The van der Waals surface area contributed by atoms with Crippen LogP contribution in [0.3, 0.4) is 0 Å². The number of nitrogens with one attached hydrogen (secondary N) is 1. The molecule has 1 unspecified atom stereocenters. The Morgan fingerprint density at radius 2 is 1.78 bits per heavy atom. The van der Waals surface area contributed by atoms with Crippen molar-refractivity contribution in [2.24, 2.45) is 0 Å². The lowest BCUT2D eigenvalue weighted by atomic mass is 9.98. The topological polar surface area (TPSA) is 73.0 Å². The third-order valence-corrected chi connectivity index (χ3v) is 7.47. The van der Waals surface area contributed by atoms with Gasteiger partial charge in [-0.2, -0.15) is 0 Å². The van der Waals surface area contributed by atoms with Crippen LogP contribution in [0.2, 0.25) is 0 Å². The molecule has 0 saturated carbocycles. The van der Waals surface area contributed by atoms with E-state index in [4.69, 9.17) is 0 Å². The van der Waals surface area contributed by atoms with Crippen molar-refractivity contribution < 1.29 is 23.2 Å².